The van der Waals surface area contributed by atoms with Crippen LogP contribution in [0.25, 0.3) is 0 Å². The fourth-order valence-electron chi connectivity index (χ4n) is 0.203. The lowest BCUT2D eigenvalue weighted by Gasteiger charge is -1.89. The van der Waals surface area contributed by atoms with E-state index in [1.54, 1.807) is 6.92 Å². The fraction of sp³-hybridized carbons (Fsp3) is 0.833. The van der Waals surface area contributed by atoms with Gasteiger partial charge in [0.05, 0.1) is 6.61 Å². The first-order valence-corrected chi connectivity index (χ1v) is 2.90. The monoisotopic (exact) mass is 136 g/mol. The smallest absolute Gasteiger partial charge is 0.302 e. The molecule has 58 valence electrons. The molecule has 0 heterocycles. The summed E-state index contributed by atoms with van der Waals surface area (Å²) in [7, 11) is 0. The SMILES string of the molecule is CC.CCOC(C)=O.O. The van der Waals surface area contributed by atoms with Crippen LogP contribution in [0.4, 0.5) is 0 Å². The molecule has 9 heavy (non-hydrogen) atoms. The molecule has 0 bridgehead atoms. The zero-order chi connectivity index (χ0) is 6.99. The van der Waals surface area contributed by atoms with E-state index in [4.69, 9.17) is 0 Å². The Labute approximate surface area is 56.3 Å². The molecule has 0 aliphatic heterocycles. The van der Waals surface area contributed by atoms with Crippen LogP contribution in [0, 0.1) is 0 Å². The lowest BCUT2D eigenvalue weighted by atomic mass is 10.8. The molecule has 3 heteroatoms. The van der Waals surface area contributed by atoms with E-state index in [9.17, 15) is 4.79 Å². The van der Waals surface area contributed by atoms with Gasteiger partial charge in [-0.1, -0.05) is 13.8 Å². The first kappa shape index (κ1) is 15.8. The van der Waals surface area contributed by atoms with Gasteiger partial charge in [-0.15, -0.1) is 0 Å². The largest absolute Gasteiger partial charge is 0.466 e. The van der Waals surface area contributed by atoms with E-state index in [-0.39, 0.29) is 11.4 Å². The maximum Gasteiger partial charge on any atom is 0.302 e. The molecule has 0 unspecified atom stereocenters. The van der Waals surface area contributed by atoms with E-state index in [1.807, 2.05) is 13.8 Å². The maximum absolute atomic E-state index is 9.82. The number of ether oxygens (including phenoxy) is 1. The van der Waals surface area contributed by atoms with E-state index >= 15 is 0 Å². The van der Waals surface area contributed by atoms with Crippen molar-refractivity contribution in [1.82, 2.24) is 0 Å². The molecule has 0 aliphatic rings. The summed E-state index contributed by atoms with van der Waals surface area (Å²) in [4.78, 5) is 9.82. The standard InChI is InChI=1S/C4H8O2.C2H6.H2O/c1-3-6-4(2)5;1-2;/h3H2,1-2H3;1-2H3;1H2. The third-order valence-corrected chi connectivity index (χ3v) is 0.348. The van der Waals surface area contributed by atoms with Crippen molar-refractivity contribution >= 4 is 5.97 Å². The van der Waals surface area contributed by atoms with Gasteiger partial charge in [-0.2, -0.15) is 0 Å². The molecular weight excluding hydrogens is 120 g/mol. The summed E-state index contributed by atoms with van der Waals surface area (Å²) in [6.07, 6.45) is 0. The summed E-state index contributed by atoms with van der Waals surface area (Å²) in [5.74, 6) is -0.211. The highest BCUT2D eigenvalue weighted by molar-refractivity contribution is 5.65. The van der Waals surface area contributed by atoms with Gasteiger partial charge < -0.3 is 10.2 Å². The second-order valence-electron chi connectivity index (χ2n) is 0.925. The van der Waals surface area contributed by atoms with Crippen molar-refractivity contribution in [3.63, 3.8) is 0 Å². The number of esters is 1. The van der Waals surface area contributed by atoms with Crippen molar-refractivity contribution in [3.05, 3.63) is 0 Å². The molecule has 0 amide bonds. The Morgan fingerprint density at radius 3 is 1.78 bits per heavy atom. The molecule has 0 aromatic heterocycles. The average molecular weight is 136 g/mol. The molecule has 0 aromatic carbocycles. The molecule has 0 fully saturated rings. The Morgan fingerprint density at radius 2 is 1.78 bits per heavy atom. The van der Waals surface area contributed by atoms with E-state index in [2.05, 4.69) is 4.74 Å². The Kier molecular flexibility index (Phi) is 27.5. The minimum absolute atomic E-state index is 0. The van der Waals surface area contributed by atoms with E-state index < -0.39 is 0 Å². The highest BCUT2D eigenvalue weighted by Crippen LogP contribution is 1.69. The van der Waals surface area contributed by atoms with Gasteiger partial charge in [0.1, 0.15) is 0 Å². The Morgan fingerprint density at radius 1 is 1.44 bits per heavy atom. The maximum atomic E-state index is 9.82. The summed E-state index contributed by atoms with van der Waals surface area (Å²) >= 11 is 0. The van der Waals surface area contributed by atoms with Gasteiger partial charge in [-0.25, -0.2) is 0 Å². The molecule has 0 aliphatic carbocycles. The second-order valence-corrected chi connectivity index (χ2v) is 0.925. The minimum atomic E-state index is -0.211. The minimum Gasteiger partial charge on any atom is -0.466 e. The Balaban J connectivity index is -0.000000109. The Hall–Kier alpha value is -0.570. The van der Waals surface area contributed by atoms with Crippen LogP contribution < -0.4 is 0 Å². The lowest BCUT2D eigenvalue weighted by Crippen LogP contribution is -1.95. The molecule has 0 radical (unpaired) electrons. The summed E-state index contributed by atoms with van der Waals surface area (Å²) in [5.41, 5.74) is 0. The van der Waals surface area contributed by atoms with Gasteiger partial charge in [0.2, 0.25) is 0 Å². The quantitative estimate of drug-likeness (QED) is 0.500. The van der Waals surface area contributed by atoms with Gasteiger partial charge in [0, 0.05) is 6.92 Å². The predicted molar refractivity (Wildman–Crippen MR) is 37.3 cm³/mol. The van der Waals surface area contributed by atoms with Crippen LogP contribution in [0.2, 0.25) is 0 Å². The van der Waals surface area contributed by atoms with Gasteiger partial charge in [0.25, 0.3) is 0 Å². The summed E-state index contributed by atoms with van der Waals surface area (Å²) in [6, 6.07) is 0. The van der Waals surface area contributed by atoms with E-state index in [0.717, 1.165) is 0 Å². The van der Waals surface area contributed by atoms with Crippen LogP contribution in [0.5, 0.6) is 0 Å². The van der Waals surface area contributed by atoms with Crippen LogP contribution in [0.15, 0.2) is 0 Å². The topological polar surface area (TPSA) is 57.8 Å². The molecule has 3 nitrogen and oxygen atoms in total. The van der Waals surface area contributed by atoms with Crippen molar-refractivity contribution in [1.29, 1.82) is 0 Å². The molecule has 2 N–H and O–H groups in total. The first-order chi connectivity index (χ1) is 3.77. The molecule has 0 spiro atoms. The molecule has 0 saturated carbocycles. The van der Waals surface area contributed by atoms with Crippen molar-refractivity contribution in [2.45, 2.75) is 27.7 Å². The first-order valence-electron chi connectivity index (χ1n) is 2.90. The van der Waals surface area contributed by atoms with Crippen molar-refractivity contribution in [2.75, 3.05) is 6.61 Å². The fourth-order valence-corrected chi connectivity index (χ4v) is 0.203. The third kappa shape index (κ3) is 37.1. The van der Waals surface area contributed by atoms with Crippen LogP contribution in [-0.4, -0.2) is 18.1 Å². The van der Waals surface area contributed by atoms with Crippen molar-refractivity contribution in [3.8, 4) is 0 Å². The van der Waals surface area contributed by atoms with Gasteiger partial charge in [-0.05, 0) is 6.92 Å². The molecular formula is C6H16O3. The number of hydrogen-bond acceptors (Lipinski definition) is 2. The summed E-state index contributed by atoms with van der Waals surface area (Å²) in [5, 5.41) is 0. The highest BCUT2D eigenvalue weighted by atomic mass is 16.5. The van der Waals surface area contributed by atoms with Crippen molar-refractivity contribution < 1.29 is 15.0 Å². The molecule has 0 atom stereocenters. The lowest BCUT2D eigenvalue weighted by molar-refractivity contribution is -0.140. The number of carbonyl (C=O) groups is 1. The van der Waals surface area contributed by atoms with Gasteiger partial charge in [-0.3, -0.25) is 4.79 Å². The van der Waals surface area contributed by atoms with Crippen LogP contribution >= 0.6 is 0 Å². The number of carbonyl (C=O) groups excluding carboxylic acids is 1. The van der Waals surface area contributed by atoms with Gasteiger partial charge in [0.15, 0.2) is 0 Å². The van der Waals surface area contributed by atoms with Crippen molar-refractivity contribution in [2.24, 2.45) is 0 Å². The zero-order valence-electron chi connectivity index (χ0n) is 6.52. The third-order valence-electron chi connectivity index (χ3n) is 0.348. The molecule has 0 saturated heterocycles. The molecule has 0 rings (SSSR count). The predicted octanol–water partition coefficient (Wildman–Crippen LogP) is 0.771. The number of hydrogen-bond donors (Lipinski definition) is 0. The summed E-state index contributed by atoms with van der Waals surface area (Å²) < 4.78 is 4.40. The van der Waals surface area contributed by atoms with Crippen LogP contribution in [-0.2, 0) is 9.53 Å². The average Bonchev–Trinajstić information content (AvgIpc) is 1.72. The van der Waals surface area contributed by atoms with Crippen LogP contribution in [0.3, 0.4) is 0 Å². The van der Waals surface area contributed by atoms with E-state index in [1.165, 1.54) is 6.92 Å². The zero-order valence-corrected chi connectivity index (χ0v) is 6.52. The summed E-state index contributed by atoms with van der Waals surface area (Å²) in [6.45, 7) is 7.65. The van der Waals surface area contributed by atoms with E-state index in [0.29, 0.717) is 6.61 Å². The highest BCUT2D eigenvalue weighted by Gasteiger charge is 1.81. The normalized spacial score (nSPS) is 5.78. The second kappa shape index (κ2) is 15.7. The van der Waals surface area contributed by atoms with Gasteiger partial charge >= 0.3 is 5.97 Å². The number of rotatable bonds is 1. The Bertz CT molecular complexity index is 52.3. The molecule has 0 aromatic rings. The van der Waals surface area contributed by atoms with Crippen LogP contribution in [0.1, 0.15) is 27.7 Å².